The van der Waals surface area contributed by atoms with E-state index in [4.69, 9.17) is 0 Å². The van der Waals surface area contributed by atoms with Gasteiger partial charge >= 0.3 is 12.1 Å². The molecule has 0 radical (unpaired) electrons. The number of likely N-dealkylation sites (N-methyl/N-ethyl adjacent to an activating group) is 1. The molecule has 0 bridgehead atoms. The van der Waals surface area contributed by atoms with Crippen LogP contribution in [0, 0.1) is 5.92 Å². The fraction of sp³-hybridized carbons (Fsp3) is 0.381. The third-order valence-electron chi connectivity index (χ3n) is 10.4. The van der Waals surface area contributed by atoms with Crippen LogP contribution >= 0.6 is 0 Å². The molecule has 4 unspecified atom stereocenters. The van der Waals surface area contributed by atoms with Crippen LogP contribution in [-0.4, -0.2) is 101 Å². The predicted molar refractivity (Wildman–Crippen MR) is 212 cm³/mol. The summed E-state index contributed by atoms with van der Waals surface area (Å²) >= 11 is 0. The number of benzene rings is 3. The smallest absolute Gasteiger partial charge is 0.406 e. The molecule has 0 aliphatic carbocycles. The number of alkyl carbamates (subject to hydrolysis) is 1. The number of rotatable bonds is 12. The number of urea groups is 1. The number of imidazole rings is 1. The minimum Gasteiger partial charge on any atom is -0.453 e. The Morgan fingerprint density at radius 3 is 2.20 bits per heavy atom. The highest BCUT2D eigenvalue weighted by Gasteiger charge is 2.39. The molecule has 6 amide bonds. The van der Waals surface area contributed by atoms with Crippen molar-refractivity contribution in [3.05, 3.63) is 96.4 Å². The van der Waals surface area contributed by atoms with Gasteiger partial charge in [-0.05, 0) is 80.1 Å². The lowest BCUT2D eigenvalue weighted by atomic mass is 10.0. The summed E-state index contributed by atoms with van der Waals surface area (Å²) in [6.45, 7) is 3.39. The molecule has 56 heavy (non-hydrogen) atoms. The predicted octanol–water partition coefficient (Wildman–Crippen LogP) is 5.73. The maximum absolute atomic E-state index is 13.6. The van der Waals surface area contributed by atoms with Gasteiger partial charge in [0.1, 0.15) is 17.9 Å². The van der Waals surface area contributed by atoms with Gasteiger partial charge in [-0.15, -0.1) is 0 Å². The first-order valence-corrected chi connectivity index (χ1v) is 19.0. The van der Waals surface area contributed by atoms with Gasteiger partial charge in [-0.2, -0.15) is 0 Å². The molecular weight excluding hydrogens is 713 g/mol. The van der Waals surface area contributed by atoms with Crippen LogP contribution in [0.4, 0.5) is 15.3 Å². The van der Waals surface area contributed by atoms with E-state index >= 15 is 0 Å². The van der Waals surface area contributed by atoms with Crippen LogP contribution in [-0.2, 0) is 19.1 Å². The lowest BCUT2D eigenvalue weighted by Crippen LogP contribution is -2.51. The van der Waals surface area contributed by atoms with Crippen LogP contribution in [0.1, 0.15) is 62.5 Å². The molecule has 2 aliphatic rings. The molecular formula is C42H50N8O6. The van der Waals surface area contributed by atoms with Crippen molar-refractivity contribution in [3.63, 3.8) is 0 Å². The van der Waals surface area contributed by atoms with Crippen LogP contribution < -0.4 is 16.0 Å². The second kappa shape index (κ2) is 18.1. The summed E-state index contributed by atoms with van der Waals surface area (Å²) in [7, 11) is 4.98. The highest BCUT2D eigenvalue weighted by atomic mass is 16.5. The zero-order valence-electron chi connectivity index (χ0n) is 32.3. The van der Waals surface area contributed by atoms with E-state index in [9.17, 15) is 24.0 Å². The van der Waals surface area contributed by atoms with Gasteiger partial charge in [-0.3, -0.25) is 24.6 Å². The second-order valence-corrected chi connectivity index (χ2v) is 14.7. The van der Waals surface area contributed by atoms with Gasteiger partial charge in [-0.1, -0.05) is 73.7 Å². The average molecular weight is 763 g/mol. The van der Waals surface area contributed by atoms with Crippen molar-refractivity contribution in [2.75, 3.05) is 46.2 Å². The number of nitrogens with one attached hydrogen (secondary N) is 4. The van der Waals surface area contributed by atoms with Crippen LogP contribution in [0.2, 0.25) is 0 Å². The van der Waals surface area contributed by atoms with E-state index in [2.05, 4.69) is 30.7 Å². The summed E-state index contributed by atoms with van der Waals surface area (Å²) < 4.78 is 4.62. The van der Waals surface area contributed by atoms with Crippen molar-refractivity contribution in [1.82, 2.24) is 35.3 Å². The third kappa shape index (κ3) is 9.43. The largest absolute Gasteiger partial charge is 0.453 e. The molecule has 3 heterocycles. The summed E-state index contributed by atoms with van der Waals surface area (Å²) in [5.41, 5.74) is 5.07. The zero-order chi connectivity index (χ0) is 39.8. The van der Waals surface area contributed by atoms with Crippen molar-refractivity contribution < 1.29 is 28.7 Å². The van der Waals surface area contributed by atoms with Gasteiger partial charge in [0.15, 0.2) is 0 Å². The Bertz CT molecular complexity index is 2000. The molecule has 1 aromatic heterocycles. The average Bonchev–Trinajstić information content (AvgIpc) is 3.99. The van der Waals surface area contributed by atoms with E-state index in [0.29, 0.717) is 44.6 Å². The van der Waals surface area contributed by atoms with Gasteiger partial charge in [0.25, 0.3) is 5.91 Å². The van der Waals surface area contributed by atoms with Gasteiger partial charge in [-0.25, -0.2) is 14.6 Å². The number of H-pyrrole nitrogens is 1. The fourth-order valence-corrected chi connectivity index (χ4v) is 7.52. The number of amides is 6. The number of hydrogen-bond donors (Lipinski definition) is 4. The molecule has 6 rings (SSSR count). The molecule has 4 atom stereocenters. The first-order valence-electron chi connectivity index (χ1n) is 19.0. The SMILES string of the molecule is COC(=O)NCC(C)CC(=O)N1CCCC1c1ncc(-c2ccc(-c3ccc(NC(=O)NC(=O)C4CCCN4C(=O)C(c4ccccc4)N(C)C)cc3)cc2)[nH]1. The number of methoxy groups -OCH3 is 1. The van der Waals surface area contributed by atoms with Crippen LogP contribution in [0.25, 0.3) is 22.4 Å². The third-order valence-corrected chi connectivity index (χ3v) is 10.4. The summed E-state index contributed by atoms with van der Waals surface area (Å²) in [5, 5.41) is 7.82. The Morgan fingerprint density at radius 1 is 0.875 bits per heavy atom. The maximum Gasteiger partial charge on any atom is 0.406 e. The van der Waals surface area contributed by atoms with E-state index in [1.165, 1.54) is 7.11 Å². The van der Waals surface area contributed by atoms with Crippen LogP contribution in [0.3, 0.4) is 0 Å². The standard InChI is InChI=1S/C42H50N8O6/c1-27(25-44-42(55)56-4)24-36(51)49-22-8-12-34(49)38-43-26-33(46-38)30-16-14-28(15-17-30)29-18-20-32(21-19-29)45-41(54)47-39(52)35-13-9-23-50(35)40(53)37(48(2)3)31-10-6-5-7-11-31/h5-7,10-11,14-21,26-27,34-35,37H,8-9,12-13,22-25H2,1-4H3,(H,43,46)(H,44,55)(H2,45,47,52,54). The number of hydrogen-bond acceptors (Lipinski definition) is 8. The molecule has 0 spiro atoms. The molecule has 0 saturated carbocycles. The monoisotopic (exact) mass is 762 g/mol. The van der Waals surface area contributed by atoms with Crippen LogP contribution in [0.5, 0.6) is 0 Å². The van der Waals surface area contributed by atoms with Gasteiger partial charge in [0, 0.05) is 31.7 Å². The Kier molecular flexibility index (Phi) is 12.8. The number of aromatic amines is 1. The minimum absolute atomic E-state index is 0.0333. The lowest BCUT2D eigenvalue weighted by molar-refractivity contribution is -0.142. The van der Waals surface area contributed by atoms with E-state index in [0.717, 1.165) is 46.6 Å². The van der Waals surface area contributed by atoms with Gasteiger partial charge in [0.2, 0.25) is 11.8 Å². The van der Waals surface area contributed by atoms with Crippen LogP contribution in [0.15, 0.2) is 85.1 Å². The Hall–Kier alpha value is -6.02. The summed E-state index contributed by atoms with van der Waals surface area (Å²) in [6, 6.07) is 22.7. The van der Waals surface area contributed by atoms with Crippen molar-refractivity contribution >= 4 is 35.5 Å². The Balaban J connectivity index is 1.01. The molecule has 2 aliphatic heterocycles. The summed E-state index contributed by atoms with van der Waals surface area (Å²) in [6.07, 6.45) is 4.46. The molecule has 14 nitrogen and oxygen atoms in total. The fourth-order valence-electron chi connectivity index (χ4n) is 7.52. The number of anilines is 1. The van der Waals surface area contributed by atoms with Gasteiger partial charge in [0.05, 0.1) is 25.0 Å². The lowest BCUT2D eigenvalue weighted by Gasteiger charge is -2.31. The quantitative estimate of drug-likeness (QED) is 0.142. The number of carbonyl (C=O) groups is 5. The van der Waals surface area contributed by atoms with E-state index < -0.39 is 30.1 Å². The summed E-state index contributed by atoms with van der Waals surface area (Å²) in [4.78, 5) is 77.7. The Labute approximate surface area is 327 Å². The van der Waals surface area contributed by atoms with E-state index in [1.807, 2.05) is 97.5 Å². The van der Waals surface area contributed by atoms with Crippen molar-refractivity contribution in [2.24, 2.45) is 5.92 Å². The Morgan fingerprint density at radius 2 is 1.52 bits per heavy atom. The molecule has 4 aromatic rings. The highest BCUT2D eigenvalue weighted by molar-refractivity contribution is 6.04. The van der Waals surface area contributed by atoms with Crippen molar-refractivity contribution in [1.29, 1.82) is 0 Å². The molecule has 3 aromatic carbocycles. The zero-order valence-corrected chi connectivity index (χ0v) is 32.3. The second-order valence-electron chi connectivity index (χ2n) is 14.7. The minimum atomic E-state index is -0.733. The number of likely N-dealkylation sites (tertiary alicyclic amines) is 2. The van der Waals surface area contributed by atoms with E-state index in [1.54, 1.807) is 23.2 Å². The number of ether oxygens (including phenoxy) is 1. The normalized spacial score (nSPS) is 17.7. The molecule has 2 fully saturated rings. The highest BCUT2D eigenvalue weighted by Crippen LogP contribution is 2.33. The molecule has 2 saturated heterocycles. The number of nitrogens with zero attached hydrogens (tertiary/aromatic N) is 4. The van der Waals surface area contributed by atoms with Crippen molar-refractivity contribution in [2.45, 2.75) is 57.2 Å². The summed E-state index contributed by atoms with van der Waals surface area (Å²) in [5.74, 6) is 0.0677. The van der Waals surface area contributed by atoms with E-state index in [-0.39, 0.29) is 23.8 Å². The molecule has 14 heteroatoms. The number of imide groups is 1. The van der Waals surface area contributed by atoms with Gasteiger partial charge < -0.3 is 30.2 Å². The number of aromatic nitrogens is 2. The number of carbonyl (C=O) groups excluding carboxylic acids is 5. The van der Waals surface area contributed by atoms with Crippen molar-refractivity contribution in [3.8, 4) is 22.4 Å². The first-order chi connectivity index (χ1) is 27.0. The first kappa shape index (κ1) is 39.7. The maximum atomic E-state index is 13.6. The topological polar surface area (TPSA) is 169 Å². The molecule has 294 valence electrons. The molecule has 4 N–H and O–H groups in total.